The number of halogens is 1. The molecule has 2 aromatic heterocycles. The summed E-state index contributed by atoms with van der Waals surface area (Å²) >= 11 is 6.13. The van der Waals surface area contributed by atoms with E-state index in [1.54, 1.807) is 78.3 Å². The third-order valence-corrected chi connectivity index (χ3v) is 5.51. The number of pyridine rings is 1. The first kappa shape index (κ1) is 25.4. The van der Waals surface area contributed by atoms with E-state index in [1.165, 1.54) is 6.07 Å². The summed E-state index contributed by atoms with van der Waals surface area (Å²) in [5.41, 5.74) is 2.60. The summed E-state index contributed by atoms with van der Waals surface area (Å²) in [6.07, 6.45) is 6.57. The van der Waals surface area contributed by atoms with Crippen LogP contribution in [0.5, 0.6) is 0 Å². The fourth-order valence-electron chi connectivity index (χ4n) is 3.35. The van der Waals surface area contributed by atoms with Gasteiger partial charge >= 0.3 is 0 Å². The maximum atomic E-state index is 12.9. The molecule has 0 saturated carbocycles. The van der Waals surface area contributed by atoms with Gasteiger partial charge in [-0.05, 0) is 65.7 Å². The molecule has 4 aromatic rings. The van der Waals surface area contributed by atoms with Crippen molar-refractivity contribution in [1.29, 1.82) is 0 Å². The molecular formula is C28H24ClN5O3. The molecule has 2 N–H and O–H groups in total. The SMILES string of the molecule is C=Cc1ccc(NC(=O)c2cc(Cl)ccc2NC(=O)c2ccc(C=NN(C)Cc3ccco3)cc2)nc1. The lowest BCUT2D eigenvalue weighted by Crippen LogP contribution is -2.18. The Morgan fingerprint density at radius 1 is 1.05 bits per heavy atom. The van der Waals surface area contributed by atoms with Crippen LogP contribution in [0, 0.1) is 0 Å². The summed E-state index contributed by atoms with van der Waals surface area (Å²) in [5.74, 6) is 0.342. The molecule has 8 nitrogen and oxygen atoms in total. The van der Waals surface area contributed by atoms with Crippen LogP contribution in [0.2, 0.25) is 5.02 Å². The van der Waals surface area contributed by atoms with Gasteiger partial charge < -0.3 is 15.1 Å². The fourth-order valence-corrected chi connectivity index (χ4v) is 3.52. The first-order valence-electron chi connectivity index (χ1n) is 11.3. The Labute approximate surface area is 219 Å². The predicted octanol–water partition coefficient (Wildman–Crippen LogP) is 5.94. The minimum Gasteiger partial charge on any atom is -0.467 e. The topological polar surface area (TPSA) is 99.8 Å². The van der Waals surface area contributed by atoms with Crippen LogP contribution >= 0.6 is 11.6 Å². The Bertz CT molecular complexity index is 1420. The lowest BCUT2D eigenvalue weighted by atomic mass is 10.1. The van der Waals surface area contributed by atoms with Gasteiger partial charge in [-0.25, -0.2) is 4.98 Å². The molecule has 0 aliphatic carbocycles. The molecule has 37 heavy (non-hydrogen) atoms. The Hall–Kier alpha value is -4.69. The Kier molecular flexibility index (Phi) is 8.12. The number of hydrazone groups is 1. The summed E-state index contributed by atoms with van der Waals surface area (Å²) in [7, 11) is 1.84. The molecule has 2 amide bonds. The number of carbonyl (C=O) groups excluding carboxylic acids is 2. The van der Waals surface area contributed by atoms with Crippen molar-refractivity contribution in [2.75, 3.05) is 17.7 Å². The molecule has 0 aliphatic rings. The van der Waals surface area contributed by atoms with Crippen LogP contribution in [0.25, 0.3) is 6.08 Å². The molecule has 0 radical (unpaired) electrons. The van der Waals surface area contributed by atoms with E-state index in [0.29, 0.717) is 28.6 Å². The van der Waals surface area contributed by atoms with Gasteiger partial charge in [0.05, 0.1) is 30.3 Å². The van der Waals surface area contributed by atoms with E-state index in [9.17, 15) is 9.59 Å². The van der Waals surface area contributed by atoms with E-state index < -0.39 is 5.91 Å². The average Bonchev–Trinajstić information content (AvgIpc) is 3.42. The second-order valence-corrected chi connectivity index (χ2v) is 8.48. The molecule has 0 atom stereocenters. The zero-order chi connectivity index (χ0) is 26.2. The highest BCUT2D eigenvalue weighted by molar-refractivity contribution is 6.31. The van der Waals surface area contributed by atoms with E-state index >= 15 is 0 Å². The number of hydrogen-bond donors (Lipinski definition) is 2. The van der Waals surface area contributed by atoms with Gasteiger partial charge in [0, 0.05) is 23.8 Å². The molecule has 0 fully saturated rings. The van der Waals surface area contributed by atoms with Crippen molar-refractivity contribution in [2.45, 2.75) is 6.54 Å². The van der Waals surface area contributed by atoms with Crippen molar-refractivity contribution in [3.05, 3.63) is 119 Å². The number of nitrogens with zero attached hydrogens (tertiary/aromatic N) is 3. The number of carbonyl (C=O) groups is 2. The molecule has 0 unspecified atom stereocenters. The van der Waals surface area contributed by atoms with Crippen LogP contribution in [0.15, 0.2) is 95.3 Å². The molecule has 0 saturated heterocycles. The lowest BCUT2D eigenvalue weighted by molar-refractivity contribution is 0.102. The van der Waals surface area contributed by atoms with Gasteiger partial charge in [0.25, 0.3) is 11.8 Å². The second kappa shape index (κ2) is 11.8. The Morgan fingerprint density at radius 2 is 1.84 bits per heavy atom. The summed E-state index contributed by atoms with van der Waals surface area (Å²) in [6.45, 7) is 4.22. The van der Waals surface area contributed by atoms with Gasteiger partial charge in [-0.2, -0.15) is 5.10 Å². The van der Waals surface area contributed by atoms with Crippen molar-refractivity contribution in [2.24, 2.45) is 5.10 Å². The lowest BCUT2D eigenvalue weighted by Gasteiger charge is -2.12. The largest absolute Gasteiger partial charge is 0.467 e. The van der Waals surface area contributed by atoms with Gasteiger partial charge in [0.15, 0.2) is 0 Å². The van der Waals surface area contributed by atoms with Crippen LogP contribution in [-0.2, 0) is 6.54 Å². The smallest absolute Gasteiger partial charge is 0.258 e. The summed E-state index contributed by atoms with van der Waals surface area (Å²) in [6, 6.07) is 18.8. The third kappa shape index (κ3) is 6.93. The number of aromatic nitrogens is 1. The third-order valence-electron chi connectivity index (χ3n) is 5.28. The van der Waals surface area contributed by atoms with Crippen molar-refractivity contribution in [3.8, 4) is 0 Å². The molecule has 4 rings (SSSR count). The van der Waals surface area contributed by atoms with E-state index in [0.717, 1.165) is 16.9 Å². The van der Waals surface area contributed by atoms with Gasteiger partial charge in [0.1, 0.15) is 11.6 Å². The van der Waals surface area contributed by atoms with Crippen LogP contribution in [0.4, 0.5) is 11.5 Å². The highest BCUT2D eigenvalue weighted by Crippen LogP contribution is 2.23. The van der Waals surface area contributed by atoms with Crippen molar-refractivity contribution in [1.82, 2.24) is 9.99 Å². The van der Waals surface area contributed by atoms with Gasteiger partial charge in [-0.3, -0.25) is 14.6 Å². The minimum atomic E-state index is -0.457. The van der Waals surface area contributed by atoms with Gasteiger partial charge in [-0.1, -0.05) is 36.4 Å². The number of anilines is 2. The van der Waals surface area contributed by atoms with E-state index in [2.05, 4.69) is 27.3 Å². The van der Waals surface area contributed by atoms with Gasteiger partial charge in [-0.15, -0.1) is 0 Å². The van der Waals surface area contributed by atoms with Crippen LogP contribution < -0.4 is 10.6 Å². The zero-order valence-corrected chi connectivity index (χ0v) is 20.8. The molecule has 2 heterocycles. The monoisotopic (exact) mass is 513 g/mol. The van der Waals surface area contributed by atoms with Crippen molar-refractivity contribution in [3.63, 3.8) is 0 Å². The van der Waals surface area contributed by atoms with Crippen molar-refractivity contribution >= 4 is 47.2 Å². The minimum absolute atomic E-state index is 0.207. The van der Waals surface area contributed by atoms with E-state index in [1.807, 2.05) is 19.2 Å². The Balaban J connectivity index is 1.42. The molecule has 0 spiro atoms. The highest BCUT2D eigenvalue weighted by atomic mass is 35.5. The first-order valence-corrected chi connectivity index (χ1v) is 11.7. The summed E-state index contributed by atoms with van der Waals surface area (Å²) in [5, 5.41) is 12.0. The normalized spacial score (nSPS) is 10.8. The van der Waals surface area contributed by atoms with E-state index in [-0.39, 0.29) is 11.5 Å². The molecule has 0 aliphatic heterocycles. The van der Waals surface area contributed by atoms with Gasteiger partial charge in [0.2, 0.25) is 0 Å². The zero-order valence-electron chi connectivity index (χ0n) is 20.0. The van der Waals surface area contributed by atoms with Crippen LogP contribution in [0.3, 0.4) is 0 Å². The quantitative estimate of drug-likeness (QED) is 0.213. The number of nitrogens with one attached hydrogen (secondary N) is 2. The van der Waals surface area contributed by atoms with Crippen LogP contribution in [-0.4, -0.2) is 35.1 Å². The molecule has 186 valence electrons. The predicted molar refractivity (Wildman–Crippen MR) is 146 cm³/mol. The van der Waals surface area contributed by atoms with Crippen molar-refractivity contribution < 1.29 is 14.0 Å². The molecule has 9 heteroatoms. The fraction of sp³-hybridized carbons (Fsp3) is 0.0714. The number of amides is 2. The standard InChI is InChI=1S/C28H24ClN5O3/c1-3-19-8-13-26(30-16-19)33-28(36)24-15-22(29)11-12-25(24)32-27(35)21-9-6-20(7-10-21)17-31-34(2)18-23-5-4-14-37-23/h3-17H,1,18H2,2H3,(H,32,35)(H,30,33,36). The van der Waals surface area contributed by atoms with Crippen LogP contribution in [0.1, 0.15) is 37.6 Å². The molecular weight excluding hydrogens is 490 g/mol. The summed E-state index contributed by atoms with van der Waals surface area (Å²) < 4.78 is 5.32. The number of rotatable bonds is 9. The first-order chi connectivity index (χ1) is 17.9. The average molecular weight is 514 g/mol. The second-order valence-electron chi connectivity index (χ2n) is 8.04. The number of furan rings is 1. The maximum Gasteiger partial charge on any atom is 0.258 e. The molecule has 0 bridgehead atoms. The highest BCUT2D eigenvalue weighted by Gasteiger charge is 2.16. The molecule has 2 aromatic carbocycles. The Morgan fingerprint density at radius 3 is 2.51 bits per heavy atom. The number of hydrogen-bond acceptors (Lipinski definition) is 6. The maximum absolute atomic E-state index is 12.9. The number of benzene rings is 2. The summed E-state index contributed by atoms with van der Waals surface area (Å²) in [4.78, 5) is 30.0. The van der Waals surface area contributed by atoms with E-state index in [4.69, 9.17) is 16.0 Å².